The molecule has 1 unspecified atom stereocenters. The first-order chi connectivity index (χ1) is 14.7. The molecule has 2 amide bonds. The van der Waals surface area contributed by atoms with Gasteiger partial charge in [-0.25, -0.2) is 0 Å². The molecule has 30 heavy (non-hydrogen) atoms. The van der Waals surface area contributed by atoms with Gasteiger partial charge >= 0.3 is 0 Å². The van der Waals surface area contributed by atoms with E-state index in [0.29, 0.717) is 19.5 Å². The average Bonchev–Trinajstić information content (AvgIpc) is 2.78. The Kier molecular flexibility index (Phi) is 6.80. The standard InChI is InChI=1S/C25H31N3O2/c29-23-18-21-12-5-6-13-22(21)24(28(23)19-20-10-3-1-4-11-20)25(30)26-14-9-17-27-15-7-2-8-16-27/h1,3-6,10-13,24H,2,7-9,14-19H2,(H,26,30). The summed E-state index contributed by atoms with van der Waals surface area (Å²) in [7, 11) is 0. The molecule has 1 atom stereocenters. The summed E-state index contributed by atoms with van der Waals surface area (Å²) in [4.78, 5) is 30.4. The van der Waals surface area contributed by atoms with Gasteiger partial charge in [0.15, 0.2) is 0 Å². The number of carbonyl (C=O) groups is 2. The summed E-state index contributed by atoms with van der Waals surface area (Å²) >= 11 is 0. The molecule has 0 spiro atoms. The van der Waals surface area contributed by atoms with Gasteiger partial charge in [-0.2, -0.15) is 0 Å². The van der Waals surface area contributed by atoms with Crippen molar-refractivity contribution in [3.8, 4) is 0 Å². The molecule has 1 saturated heterocycles. The number of rotatable bonds is 7. The number of likely N-dealkylation sites (tertiary alicyclic amines) is 1. The summed E-state index contributed by atoms with van der Waals surface area (Å²) in [6, 6.07) is 17.2. The molecule has 2 aliphatic heterocycles. The van der Waals surface area contributed by atoms with Crippen LogP contribution in [0.15, 0.2) is 54.6 Å². The van der Waals surface area contributed by atoms with Gasteiger partial charge in [0.05, 0.1) is 6.42 Å². The van der Waals surface area contributed by atoms with E-state index in [4.69, 9.17) is 0 Å². The number of carbonyl (C=O) groups excluding carboxylic acids is 2. The van der Waals surface area contributed by atoms with Crippen molar-refractivity contribution in [2.45, 2.75) is 44.7 Å². The molecule has 2 aliphatic rings. The number of piperidine rings is 1. The van der Waals surface area contributed by atoms with Crippen LogP contribution in [-0.2, 0) is 22.6 Å². The second-order valence-electron chi connectivity index (χ2n) is 8.33. The molecule has 0 aliphatic carbocycles. The van der Waals surface area contributed by atoms with E-state index in [1.54, 1.807) is 4.90 Å². The van der Waals surface area contributed by atoms with Gasteiger partial charge in [0.25, 0.3) is 0 Å². The number of fused-ring (bicyclic) bond motifs is 1. The van der Waals surface area contributed by atoms with Crippen molar-refractivity contribution >= 4 is 11.8 Å². The first-order valence-electron chi connectivity index (χ1n) is 11.1. The van der Waals surface area contributed by atoms with E-state index in [9.17, 15) is 9.59 Å². The molecule has 158 valence electrons. The zero-order valence-corrected chi connectivity index (χ0v) is 17.6. The monoisotopic (exact) mass is 405 g/mol. The third kappa shape index (κ3) is 4.90. The lowest BCUT2D eigenvalue weighted by atomic mass is 9.91. The van der Waals surface area contributed by atoms with E-state index < -0.39 is 6.04 Å². The SMILES string of the molecule is O=C(NCCCN1CCCCC1)C1c2ccccc2CC(=O)N1Cc1ccccc1. The number of amides is 2. The van der Waals surface area contributed by atoms with Crippen LogP contribution in [0.5, 0.6) is 0 Å². The lowest BCUT2D eigenvalue weighted by Crippen LogP contribution is -2.47. The number of benzene rings is 2. The highest BCUT2D eigenvalue weighted by Gasteiger charge is 2.36. The smallest absolute Gasteiger partial charge is 0.247 e. The Morgan fingerprint density at radius 1 is 0.967 bits per heavy atom. The van der Waals surface area contributed by atoms with Gasteiger partial charge in [0, 0.05) is 13.1 Å². The van der Waals surface area contributed by atoms with E-state index in [0.717, 1.165) is 29.7 Å². The Hall–Kier alpha value is -2.66. The predicted octanol–water partition coefficient (Wildman–Crippen LogP) is 3.30. The molecule has 4 rings (SSSR count). The number of hydrogen-bond acceptors (Lipinski definition) is 3. The minimum absolute atomic E-state index is 0.00557. The lowest BCUT2D eigenvalue weighted by Gasteiger charge is -2.36. The van der Waals surface area contributed by atoms with Crippen molar-refractivity contribution in [3.05, 3.63) is 71.3 Å². The third-order valence-electron chi connectivity index (χ3n) is 6.17. The fourth-order valence-corrected chi connectivity index (χ4v) is 4.57. The predicted molar refractivity (Wildman–Crippen MR) is 118 cm³/mol. The second kappa shape index (κ2) is 9.90. The molecular weight excluding hydrogens is 374 g/mol. The zero-order chi connectivity index (χ0) is 20.8. The van der Waals surface area contributed by atoms with Gasteiger partial charge < -0.3 is 15.1 Å². The maximum absolute atomic E-state index is 13.2. The van der Waals surface area contributed by atoms with Gasteiger partial charge in [0.2, 0.25) is 11.8 Å². The Bertz CT molecular complexity index is 862. The number of hydrogen-bond donors (Lipinski definition) is 1. The van der Waals surface area contributed by atoms with E-state index in [-0.39, 0.29) is 11.8 Å². The Balaban J connectivity index is 1.44. The van der Waals surface area contributed by atoms with Crippen molar-refractivity contribution in [2.75, 3.05) is 26.2 Å². The summed E-state index contributed by atoms with van der Waals surface area (Å²) < 4.78 is 0. The van der Waals surface area contributed by atoms with Gasteiger partial charge in [0.1, 0.15) is 6.04 Å². The Morgan fingerprint density at radius 2 is 1.70 bits per heavy atom. The molecule has 5 heteroatoms. The quantitative estimate of drug-likeness (QED) is 0.719. The normalized spacial score (nSPS) is 19.4. The summed E-state index contributed by atoms with van der Waals surface area (Å²) in [5, 5.41) is 3.11. The highest BCUT2D eigenvalue weighted by Crippen LogP contribution is 2.32. The van der Waals surface area contributed by atoms with Crippen molar-refractivity contribution in [1.82, 2.24) is 15.1 Å². The van der Waals surface area contributed by atoms with Crippen LogP contribution in [0.3, 0.4) is 0 Å². The van der Waals surface area contributed by atoms with Crippen LogP contribution in [0.25, 0.3) is 0 Å². The molecule has 2 heterocycles. The van der Waals surface area contributed by atoms with Crippen LogP contribution in [0.1, 0.15) is 48.4 Å². The summed E-state index contributed by atoms with van der Waals surface area (Å²) in [5.74, 6) is -0.0731. The fourth-order valence-electron chi connectivity index (χ4n) is 4.57. The molecular formula is C25H31N3O2. The highest BCUT2D eigenvalue weighted by molar-refractivity contribution is 5.92. The number of nitrogens with zero attached hydrogens (tertiary/aromatic N) is 2. The Labute approximate surface area is 179 Å². The third-order valence-corrected chi connectivity index (χ3v) is 6.17. The minimum Gasteiger partial charge on any atom is -0.354 e. The van der Waals surface area contributed by atoms with Crippen molar-refractivity contribution in [1.29, 1.82) is 0 Å². The highest BCUT2D eigenvalue weighted by atomic mass is 16.2. The van der Waals surface area contributed by atoms with Gasteiger partial charge in [-0.1, -0.05) is 61.0 Å². The Morgan fingerprint density at radius 3 is 2.50 bits per heavy atom. The van der Waals surface area contributed by atoms with Crippen LogP contribution in [0.2, 0.25) is 0 Å². The molecule has 0 radical (unpaired) electrons. The van der Waals surface area contributed by atoms with E-state index in [1.807, 2.05) is 54.6 Å². The lowest BCUT2D eigenvalue weighted by molar-refractivity contribution is -0.142. The second-order valence-corrected chi connectivity index (χ2v) is 8.33. The molecule has 2 aromatic carbocycles. The largest absolute Gasteiger partial charge is 0.354 e. The maximum atomic E-state index is 13.2. The summed E-state index contributed by atoms with van der Waals surface area (Å²) in [5.41, 5.74) is 2.94. The van der Waals surface area contributed by atoms with Crippen LogP contribution in [0, 0.1) is 0 Å². The maximum Gasteiger partial charge on any atom is 0.247 e. The summed E-state index contributed by atoms with van der Waals surface area (Å²) in [6.07, 6.45) is 5.18. The van der Waals surface area contributed by atoms with Crippen LogP contribution >= 0.6 is 0 Å². The van der Waals surface area contributed by atoms with Crippen LogP contribution in [-0.4, -0.2) is 47.8 Å². The van der Waals surface area contributed by atoms with Crippen molar-refractivity contribution < 1.29 is 9.59 Å². The summed E-state index contributed by atoms with van der Waals surface area (Å²) in [6.45, 7) is 4.45. The molecule has 0 bridgehead atoms. The first kappa shape index (κ1) is 20.6. The average molecular weight is 406 g/mol. The molecule has 1 N–H and O–H groups in total. The molecule has 2 aromatic rings. The van der Waals surface area contributed by atoms with E-state index in [2.05, 4.69) is 10.2 Å². The first-order valence-corrected chi connectivity index (χ1v) is 11.1. The van der Waals surface area contributed by atoms with Crippen molar-refractivity contribution in [2.24, 2.45) is 0 Å². The molecule has 1 fully saturated rings. The molecule has 0 saturated carbocycles. The molecule has 0 aromatic heterocycles. The number of nitrogens with one attached hydrogen (secondary N) is 1. The molecule has 5 nitrogen and oxygen atoms in total. The van der Waals surface area contributed by atoms with E-state index in [1.165, 1.54) is 32.4 Å². The van der Waals surface area contributed by atoms with Crippen LogP contribution < -0.4 is 5.32 Å². The van der Waals surface area contributed by atoms with E-state index >= 15 is 0 Å². The zero-order valence-electron chi connectivity index (χ0n) is 17.6. The van der Waals surface area contributed by atoms with Gasteiger partial charge in [-0.3, -0.25) is 9.59 Å². The minimum atomic E-state index is -0.572. The van der Waals surface area contributed by atoms with Crippen molar-refractivity contribution in [3.63, 3.8) is 0 Å². The van der Waals surface area contributed by atoms with Gasteiger partial charge in [-0.15, -0.1) is 0 Å². The topological polar surface area (TPSA) is 52.7 Å². The van der Waals surface area contributed by atoms with Crippen LogP contribution in [0.4, 0.5) is 0 Å². The fraction of sp³-hybridized carbons (Fsp3) is 0.440. The van der Waals surface area contributed by atoms with Gasteiger partial charge in [-0.05, 0) is 55.6 Å².